The van der Waals surface area contributed by atoms with Crippen molar-refractivity contribution in [1.29, 1.82) is 5.26 Å². The van der Waals surface area contributed by atoms with Crippen LogP contribution >= 0.6 is 0 Å². The number of para-hydroxylation sites is 1. The van der Waals surface area contributed by atoms with Gasteiger partial charge in [0.1, 0.15) is 11.6 Å². The molecule has 2 heterocycles. The van der Waals surface area contributed by atoms with Crippen molar-refractivity contribution in [2.75, 3.05) is 0 Å². The van der Waals surface area contributed by atoms with Gasteiger partial charge in [0.05, 0.1) is 5.69 Å². The molecule has 0 aliphatic rings. The lowest BCUT2D eigenvalue weighted by Gasteiger charge is -1.99. The molecule has 3 aromatic rings. The number of nitriles is 1. The Labute approximate surface area is 115 Å². The summed E-state index contributed by atoms with van der Waals surface area (Å²) >= 11 is 0. The van der Waals surface area contributed by atoms with Gasteiger partial charge < -0.3 is 4.57 Å². The maximum atomic E-state index is 9.34. The van der Waals surface area contributed by atoms with Crippen LogP contribution in [0.5, 0.6) is 0 Å². The molecule has 3 rings (SSSR count). The van der Waals surface area contributed by atoms with Crippen LogP contribution in [-0.4, -0.2) is 20.2 Å². The molecule has 0 aliphatic heterocycles. The second kappa shape index (κ2) is 4.94. The van der Waals surface area contributed by atoms with E-state index in [1.807, 2.05) is 49.5 Å². The van der Waals surface area contributed by atoms with Crippen molar-refractivity contribution in [3.63, 3.8) is 0 Å². The summed E-state index contributed by atoms with van der Waals surface area (Å²) in [4.78, 5) is 13.0. The largest absolute Gasteiger partial charge is 0.310 e. The summed E-state index contributed by atoms with van der Waals surface area (Å²) in [7, 11) is 1.83. The van der Waals surface area contributed by atoms with E-state index in [0.717, 1.165) is 16.9 Å². The van der Waals surface area contributed by atoms with Crippen LogP contribution in [0.1, 0.15) is 5.82 Å². The number of aliphatic imine (C=N–C) groups is 1. The van der Waals surface area contributed by atoms with Gasteiger partial charge in [-0.15, -0.1) is 0 Å². The van der Waals surface area contributed by atoms with Gasteiger partial charge in [-0.2, -0.15) is 5.26 Å². The molecule has 0 aliphatic carbocycles. The van der Waals surface area contributed by atoms with Crippen LogP contribution < -0.4 is 0 Å². The molecule has 0 saturated heterocycles. The minimum atomic E-state index is 0.275. The molecule has 0 spiro atoms. The lowest BCUT2D eigenvalue weighted by Crippen LogP contribution is -2.06. The van der Waals surface area contributed by atoms with Gasteiger partial charge in [0.25, 0.3) is 0 Å². The predicted molar refractivity (Wildman–Crippen MR) is 76.8 cm³/mol. The maximum absolute atomic E-state index is 9.34. The summed E-state index contributed by atoms with van der Waals surface area (Å²) in [6.45, 7) is 0. The molecular weight excluding hydrogens is 250 g/mol. The molecule has 0 radical (unpaired) electrons. The fourth-order valence-corrected chi connectivity index (χ4v) is 1.99. The van der Waals surface area contributed by atoms with Crippen molar-refractivity contribution in [1.82, 2.24) is 14.5 Å². The number of benzene rings is 1. The molecule has 96 valence electrons. The van der Waals surface area contributed by atoms with Gasteiger partial charge in [0.15, 0.2) is 17.2 Å². The van der Waals surface area contributed by atoms with Crippen LogP contribution in [0.4, 0.5) is 5.69 Å². The number of aromatic nitrogens is 3. The van der Waals surface area contributed by atoms with E-state index in [2.05, 4.69) is 21.0 Å². The third-order valence-electron chi connectivity index (χ3n) is 2.94. The van der Waals surface area contributed by atoms with E-state index in [4.69, 9.17) is 0 Å². The first-order valence-corrected chi connectivity index (χ1v) is 6.11. The molecule has 5 nitrogen and oxygen atoms in total. The highest BCUT2D eigenvalue weighted by molar-refractivity contribution is 6.11. The first kappa shape index (κ1) is 12.1. The minimum Gasteiger partial charge on any atom is -0.310 e. The van der Waals surface area contributed by atoms with Gasteiger partial charge in [-0.05, 0) is 24.3 Å². The number of rotatable bonds is 2. The molecule has 5 heteroatoms. The smallest absolute Gasteiger partial charge is 0.184 e. The fourth-order valence-electron chi connectivity index (χ4n) is 1.99. The van der Waals surface area contributed by atoms with Crippen LogP contribution in [0.25, 0.3) is 11.2 Å². The minimum absolute atomic E-state index is 0.275. The molecule has 0 saturated carbocycles. The zero-order valence-electron chi connectivity index (χ0n) is 10.9. The van der Waals surface area contributed by atoms with Crippen molar-refractivity contribution >= 4 is 22.6 Å². The van der Waals surface area contributed by atoms with Gasteiger partial charge in [-0.3, -0.25) is 0 Å². The average molecular weight is 261 g/mol. The van der Waals surface area contributed by atoms with Gasteiger partial charge in [-0.1, -0.05) is 18.2 Å². The van der Waals surface area contributed by atoms with E-state index < -0.39 is 0 Å². The highest BCUT2D eigenvalue weighted by Crippen LogP contribution is 2.16. The first-order valence-electron chi connectivity index (χ1n) is 6.11. The third kappa shape index (κ3) is 2.04. The summed E-state index contributed by atoms with van der Waals surface area (Å²) in [5, 5.41) is 9.34. The monoisotopic (exact) mass is 261 g/mol. The number of nitrogens with zero attached hydrogens (tertiary/aromatic N) is 5. The normalized spacial score (nSPS) is 11.5. The molecule has 2 aromatic heterocycles. The molecule has 0 unspecified atom stereocenters. The Hall–Kier alpha value is -3.00. The second-order valence-electron chi connectivity index (χ2n) is 4.25. The lowest BCUT2D eigenvalue weighted by atomic mass is 10.3. The molecule has 20 heavy (non-hydrogen) atoms. The summed E-state index contributed by atoms with van der Waals surface area (Å²) in [6, 6.07) is 15.1. The van der Waals surface area contributed by atoms with Gasteiger partial charge in [0.2, 0.25) is 0 Å². The summed E-state index contributed by atoms with van der Waals surface area (Å²) < 4.78 is 1.78. The van der Waals surface area contributed by atoms with E-state index in [0.29, 0.717) is 5.82 Å². The number of hydrogen-bond donors (Lipinski definition) is 0. The van der Waals surface area contributed by atoms with Gasteiger partial charge >= 0.3 is 0 Å². The Morgan fingerprint density at radius 3 is 2.70 bits per heavy atom. The second-order valence-corrected chi connectivity index (χ2v) is 4.25. The van der Waals surface area contributed by atoms with Crippen LogP contribution in [0.3, 0.4) is 0 Å². The van der Waals surface area contributed by atoms with Crippen molar-refractivity contribution in [2.24, 2.45) is 12.0 Å². The number of hydrogen-bond acceptors (Lipinski definition) is 4. The van der Waals surface area contributed by atoms with E-state index >= 15 is 0 Å². The van der Waals surface area contributed by atoms with Crippen LogP contribution in [-0.2, 0) is 7.05 Å². The van der Waals surface area contributed by atoms with Gasteiger partial charge in [-0.25, -0.2) is 15.0 Å². The average Bonchev–Trinajstić information content (AvgIpc) is 2.83. The fraction of sp³-hybridized carbons (Fsp3) is 0.0667. The third-order valence-corrected chi connectivity index (χ3v) is 2.94. The number of aryl methyl sites for hydroxylation is 1. The first-order chi connectivity index (χ1) is 9.79. The molecule has 0 amide bonds. The standard InChI is InChI=1S/C15H11N5/c1-20-14-12(8-5-9-17-14)19-15(20)13(10-16)18-11-6-3-2-4-7-11/h2-9H,1H3. The van der Waals surface area contributed by atoms with E-state index in [1.54, 1.807) is 10.8 Å². The molecule has 0 fully saturated rings. The highest BCUT2D eigenvalue weighted by Gasteiger charge is 2.13. The van der Waals surface area contributed by atoms with Crippen molar-refractivity contribution in [2.45, 2.75) is 0 Å². The zero-order valence-corrected chi connectivity index (χ0v) is 10.9. The SMILES string of the molecule is Cn1c(C(C#N)=Nc2ccccc2)nc2cccnc21. The topological polar surface area (TPSA) is 66.9 Å². The van der Waals surface area contributed by atoms with Crippen LogP contribution in [0.2, 0.25) is 0 Å². The number of pyridine rings is 1. The van der Waals surface area contributed by atoms with E-state index in [1.165, 1.54) is 0 Å². The van der Waals surface area contributed by atoms with Crippen LogP contribution in [0.15, 0.2) is 53.7 Å². The molecule has 1 aromatic carbocycles. The molecule has 0 bridgehead atoms. The Balaban J connectivity index is 2.16. The quantitative estimate of drug-likeness (QED) is 0.666. The van der Waals surface area contributed by atoms with Crippen molar-refractivity contribution in [3.05, 3.63) is 54.5 Å². The number of fused-ring (bicyclic) bond motifs is 1. The predicted octanol–water partition coefficient (Wildman–Crippen LogP) is 2.61. The Morgan fingerprint density at radius 1 is 1.20 bits per heavy atom. The lowest BCUT2D eigenvalue weighted by molar-refractivity contribution is 0.915. The number of imidazole rings is 1. The summed E-state index contributed by atoms with van der Waals surface area (Å²) in [5.41, 5.74) is 2.49. The van der Waals surface area contributed by atoms with Gasteiger partial charge in [0, 0.05) is 13.2 Å². The molecule has 0 atom stereocenters. The van der Waals surface area contributed by atoms with Crippen molar-refractivity contribution in [3.8, 4) is 6.07 Å². The summed E-state index contributed by atoms with van der Waals surface area (Å²) in [5.74, 6) is 0.519. The van der Waals surface area contributed by atoms with E-state index in [-0.39, 0.29) is 5.71 Å². The Bertz CT molecular complexity index is 824. The Morgan fingerprint density at radius 2 is 2.00 bits per heavy atom. The zero-order chi connectivity index (χ0) is 13.9. The molecule has 0 N–H and O–H groups in total. The Kier molecular flexibility index (Phi) is 2.98. The van der Waals surface area contributed by atoms with E-state index in [9.17, 15) is 5.26 Å². The van der Waals surface area contributed by atoms with Crippen LogP contribution in [0, 0.1) is 11.3 Å². The highest BCUT2D eigenvalue weighted by atomic mass is 15.1. The summed E-state index contributed by atoms with van der Waals surface area (Å²) in [6.07, 6.45) is 1.70. The maximum Gasteiger partial charge on any atom is 0.184 e. The van der Waals surface area contributed by atoms with Crippen molar-refractivity contribution < 1.29 is 0 Å². The molecular formula is C15H11N5.